The number of anilines is 2. The lowest BCUT2D eigenvalue weighted by Gasteiger charge is -2.29. The SMILES string of the molecule is CCCCC(C)(CO)Nc1nc(N)nc2cc(F)cnc12.O=C(O)CNC(=O)c1ccccc1. The van der Waals surface area contributed by atoms with Crippen LogP contribution in [0.15, 0.2) is 42.6 Å². The Morgan fingerprint density at radius 2 is 1.91 bits per heavy atom. The summed E-state index contributed by atoms with van der Waals surface area (Å²) in [5.74, 6) is -1.46. The maximum Gasteiger partial charge on any atom is 0.322 e. The number of aliphatic hydroxyl groups is 1. The van der Waals surface area contributed by atoms with E-state index in [4.69, 9.17) is 10.8 Å². The highest BCUT2D eigenvalue weighted by Gasteiger charge is 2.24. The van der Waals surface area contributed by atoms with Crippen molar-refractivity contribution in [2.75, 3.05) is 24.2 Å². The van der Waals surface area contributed by atoms with Crippen LogP contribution in [-0.4, -0.2) is 55.7 Å². The van der Waals surface area contributed by atoms with Crippen molar-refractivity contribution in [3.63, 3.8) is 0 Å². The Balaban J connectivity index is 0.000000270. The molecule has 3 aromatic rings. The number of rotatable bonds is 9. The highest BCUT2D eigenvalue weighted by Crippen LogP contribution is 2.25. The topological polar surface area (TPSA) is 163 Å². The number of unbranched alkanes of at least 4 members (excludes halogenated alkanes) is 1. The van der Waals surface area contributed by atoms with Gasteiger partial charge in [0.1, 0.15) is 17.9 Å². The van der Waals surface area contributed by atoms with Crippen LogP contribution in [-0.2, 0) is 4.79 Å². The van der Waals surface area contributed by atoms with Crippen LogP contribution in [0, 0.1) is 5.82 Å². The number of nitrogens with two attached hydrogens (primary N) is 1. The number of amides is 1. The van der Waals surface area contributed by atoms with Crippen LogP contribution >= 0.6 is 0 Å². The Labute approximate surface area is 196 Å². The number of fused-ring (bicyclic) bond motifs is 1. The number of halogens is 1. The average molecular weight is 473 g/mol. The van der Waals surface area contributed by atoms with Crippen LogP contribution in [0.1, 0.15) is 43.5 Å². The second kappa shape index (κ2) is 12.4. The number of carbonyl (C=O) groups excluding carboxylic acids is 1. The number of pyridine rings is 1. The summed E-state index contributed by atoms with van der Waals surface area (Å²) in [4.78, 5) is 33.4. The number of aliphatic carboxylic acids is 1. The van der Waals surface area contributed by atoms with Crippen LogP contribution in [0.4, 0.5) is 16.2 Å². The highest BCUT2D eigenvalue weighted by molar-refractivity contribution is 5.95. The lowest BCUT2D eigenvalue weighted by atomic mass is 9.96. The van der Waals surface area contributed by atoms with Gasteiger partial charge in [-0.05, 0) is 25.5 Å². The van der Waals surface area contributed by atoms with Crippen molar-refractivity contribution < 1.29 is 24.2 Å². The van der Waals surface area contributed by atoms with E-state index in [9.17, 15) is 19.1 Å². The van der Waals surface area contributed by atoms with Crippen LogP contribution < -0.4 is 16.4 Å². The molecule has 0 aliphatic heterocycles. The van der Waals surface area contributed by atoms with E-state index in [2.05, 4.69) is 32.5 Å². The monoisotopic (exact) mass is 472 g/mol. The Kier molecular flexibility index (Phi) is 9.62. The molecule has 0 saturated carbocycles. The summed E-state index contributed by atoms with van der Waals surface area (Å²) in [6.45, 7) is 3.57. The van der Waals surface area contributed by atoms with E-state index in [0.29, 0.717) is 22.4 Å². The fourth-order valence-corrected chi connectivity index (χ4v) is 2.98. The van der Waals surface area contributed by atoms with Crippen molar-refractivity contribution >= 4 is 34.7 Å². The summed E-state index contributed by atoms with van der Waals surface area (Å²) in [7, 11) is 0. The molecule has 1 amide bonds. The van der Waals surface area contributed by atoms with Gasteiger partial charge in [0.05, 0.1) is 23.9 Å². The lowest BCUT2D eigenvalue weighted by Crippen LogP contribution is -2.39. The maximum absolute atomic E-state index is 13.2. The fourth-order valence-electron chi connectivity index (χ4n) is 2.98. The summed E-state index contributed by atoms with van der Waals surface area (Å²) in [5.41, 5.74) is 6.35. The van der Waals surface area contributed by atoms with Crippen LogP contribution in [0.5, 0.6) is 0 Å². The van der Waals surface area contributed by atoms with Crippen LogP contribution in [0.2, 0.25) is 0 Å². The molecule has 0 radical (unpaired) electrons. The quantitative estimate of drug-likeness (QED) is 0.315. The normalized spacial score (nSPS) is 12.2. The lowest BCUT2D eigenvalue weighted by molar-refractivity contribution is -0.135. The molecule has 6 N–H and O–H groups in total. The fraction of sp³-hybridized carbons (Fsp3) is 0.348. The third kappa shape index (κ3) is 7.93. The molecular formula is C23H29FN6O4. The summed E-state index contributed by atoms with van der Waals surface area (Å²) in [6.07, 6.45) is 3.86. The van der Waals surface area contributed by atoms with Crippen molar-refractivity contribution in [2.45, 2.75) is 38.6 Å². The minimum Gasteiger partial charge on any atom is -0.480 e. The largest absolute Gasteiger partial charge is 0.480 e. The van der Waals surface area contributed by atoms with Gasteiger partial charge < -0.3 is 26.6 Å². The van der Waals surface area contributed by atoms with Gasteiger partial charge in [-0.1, -0.05) is 38.0 Å². The first-order chi connectivity index (χ1) is 16.2. The predicted molar refractivity (Wildman–Crippen MR) is 127 cm³/mol. The van der Waals surface area contributed by atoms with Crippen molar-refractivity contribution in [2.24, 2.45) is 0 Å². The van der Waals surface area contributed by atoms with E-state index in [1.54, 1.807) is 30.3 Å². The summed E-state index contributed by atoms with van der Waals surface area (Å²) in [6, 6.07) is 9.72. The molecule has 1 atom stereocenters. The number of carbonyl (C=O) groups is 2. The van der Waals surface area contributed by atoms with Crippen molar-refractivity contribution in [1.29, 1.82) is 0 Å². The average Bonchev–Trinajstić information content (AvgIpc) is 2.81. The van der Waals surface area contributed by atoms with E-state index >= 15 is 0 Å². The second-order valence-corrected chi connectivity index (χ2v) is 7.84. The molecule has 0 fully saturated rings. The zero-order valence-corrected chi connectivity index (χ0v) is 19.1. The minimum atomic E-state index is -1.05. The summed E-state index contributed by atoms with van der Waals surface area (Å²) >= 11 is 0. The summed E-state index contributed by atoms with van der Waals surface area (Å²) < 4.78 is 13.2. The second-order valence-electron chi connectivity index (χ2n) is 7.84. The van der Waals surface area contributed by atoms with Crippen molar-refractivity contribution in [1.82, 2.24) is 20.3 Å². The molecular weight excluding hydrogens is 443 g/mol. The molecule has 10 nitrogen and oxygen atoms in total. The molecule has 3 rings (SSSR count). The first kappa shape index (κ1) is 26.4. The Hall–Kier alpha value is -3.86. The predicted octanol–water partition coefficient (Wildman–Crippen LogP) is 2.60. The van der Waals surface area contributed by atoms with Gasteiger partial charge in [-0.15, -0.1) is 0 Å². The molecule has 0 aliphatic carbocycles. The molecule has 1 aromatic carbocycles. The molecule has 1 unspecified atom stereocenters. The van der Waals surface area contributed by atoms with E-state index in [1.807, 2.05) is 6.92 Å². The number of nitrogens with zero attached hydrogens (tertiary/aromatic N) is 3. The Bertz CT molecular complexity index is 1110. The smallest absolute Gasteiger partial charge is 0.322 e. The standard InChI is InChI=1S/C14H20FN5O.C9H9NO3/c1-3-4-5-14(2,8-21)20-12-11-10(18-13(16)19-12)6-9(15)7-17-11;11-8(12)6-10-9(13)7-4-2-1-3-5-7/h6-7,21H,3-5,8H2,1-2H3,(H3,16,18,19,20);1-5H,6H2,(H,10,13)(H,11,12). The van der Waals surface area contributed by atoms with Crippen LogP contribution in [0.25, 0.3) is 11.0 Å². The van der Waals surface area contributed by atoms with Gasteiger partial charge in [-0.2, -0.15) is 4.98 Å². The molecule has 2 heterocycles. The number of hydrogen-bond donors (Lipinski definition) is 5. The summed E-state index contributed by atoms with van der Waals surface area (Å²) in [5, 5.41) is 23.4. The zero-order valence-electron chi connectivity index (χ0n) is 19.1. The first-order valence-electron chi connectivity index (χ1n) is 10.7. The number of aliphatic hydroxyl groups excluding tert-OH is 1. The zero-order chi connectivity index (χ0) is 25.1. The van der Waals surface area contributed by atoms with Gasteiger partial charge in [0.15, 0.2) is 5.82 Å². The number of benzene rings is 1. The number of nitrogen functional groups attached to an aromatic ring is 1. The Morgan fingerprint density at radius 3 is 2.53 bits per heavy atom. The third-order valence-corrected chi connectivity index (χ3v) is 4.81. The van der Waals surface area contributed by atoms with Gasteiger partial charge in [-0.3, -0.25) is 9.59 Å². The Morgan fingerprint density at radius 1 is 1.21 bits per heavy atom. The third-order valence-electron chi connectivity index (χ3n) is 4.81. The van der Waals surface area contributed by atoms with E-state index < -0.39 is 17.3 Å². The number of aromatic nitrogens is 3. The molecule has 0 spiro atoms. The van der Waals surface area contributed by atoms with E-state index in [-0.39, 0.29) is 25.0 Å². The van der Waals surface area contributed by atoms with E-state index in [1.165, 1.54) is 6.07 Å². The molecule has 182 valence electrons. The molecule has 0 aliphatic rings. The maximum atomic E-state index is 13.2. The number of hydrogen-bond acceptors (Lipinski definition) is 8. The van der Waals surface area contributed by atoms with Gasteiger partial charge in [0, 0.05) is 11.6 Å². The van der Waals surface area contributed by atoms with Gasteiger partial charge in [0.25, 0.3) is 5.91 Å². The highest BCUT2D eigenvalue weighted by atomic mass is 19.1. The van der Waals surface area contributed by atoms with Crippen molar-refractivity contribution in [3.05, 3.63) is 54.0 Å². The van der Waals surface area contributed by atoms with Gasteiger partial charge in [0.2, 0.25) is 5.95 Å². The number of nitrogens with one attached hydrogen (secondary N) is 2. The minimum absolute atomic E-state index is 0.0354. The van der Waals surface area contributed by atoms with E-state index in [0.717, 1.165) is 25.5 Å². The van der Waals surface area contributed by atoms with Crippen LogP contribution in [0.3, 0.4) is 0 Å². The molecule has 0 bridgehead atoms. The van der Waals surface area contributed by atoms with Gasteiger partial charge in [-0.25, -0.2) is 14.4 Å². The number of carboxylic acid groups (broad SMARTS) is 1. The molecule has 0 saturated heterocycles. The first-order valence-corrected chi connectivity index (χ1v) is 10.7. The van der Waals surface area contributed by atoms with Crippen molar-refractivity contribution in [3.8, 4) is 0 Å². The van der Waals surface area contributed by atoms with Gasteiger partial charge >= 0.3 is 5.97 Å². The molecule has 2 aromatic heterocycles. The molecule has 34 heavy (non-hydrogen) atoms. The molecule has 11 heteroatoms. The number of carboxylic acids is 1.